The number of hydrogen-bond donors (Lipinski definition) is 1. The van der Waals surface area contributed by atoms with Crippen LogP contribution in [0.25, 0.3) is 0 Å². The first-order chi connectivity index (χ1) is 10.1. The third-order valence-electron chi connectivity index (χ3n) is 2.83. The molecule has 6 heteroatoms. The molecule has 5 nitrogen and oxygen atoms in total. The molecule has 0 saturated heterocycles. The minimum atomic E-state index is -0.442. The van der Waals surface area contributed by atoms with Crippen molar-refractivity contribution >= 4 is 21.6 Å². The number of halogens is 1. The fraction of sp³-hybridized carbons (Fsp3) is 0.200. The predicted molar refractivity (Wildman–Crippen MR) is 84.7 cm³/mol. The van der Waals surface area contributed by atoms with Crippen molar-refractivity contribution in [3.05, 3.63) is 62.6 Å². The second-order valence-corrected chi connectivity index (χ2v) is 5.31. The molecule has 0 aliphatic heterocycles. The van der Waals surface area contributed by atoms with Crippen molar-refractivity contribution in [3.63, 3.8) is 0 Å². The van der Waals surface area contributed by atoms with E-state index in [1.165, 1.54) is 12.1 Å². The second-order valence-electron chi connectivity index (χ2n) is 4.39. The van der Waals surface area contributed by atoms with Gasteiger partial charge in [0.25, 0.3) is 5.69 Å². The normalized spacial score (nSPS) is 10.4. The Morgan fingerprint density at radius 1 is 1.29 bits per heavy atom. The fourth-order valence-electron chi connectivity index (χ4n) is 1.85. The topological polar surface area (TPSA) is 64.4 Å². The SMILES string of the molecule is CCNCc1ccccc1Oc1cc(Br)cc([N+](=O)[O-])c1. The van der Waals surface area contributed by atoms with E-state index in [-0.39, 0.29) is 5.69 Å². The summed E-state index contributed by atoms with van der Waals surface area (Å²) in [4.78, 5) is 10.4. The van der Waals surface area contributed by atoms with Crippen LogP contribution in [0, 0.1) is 10.1 Å². The predicted octanol–water partition coefficient (Wildman–Crippen LogP) is 4.26. The number of nitro benzene ring substituents is 1. The van der Waals surface area contributed by atoms with Crippen LogP contribution in [0.15, 0.2) is 46.9 Å². The fourth-order valence-corrected chi connectivity index (χ4v) is 2.31. The molecule has 0 unspecified atom stereocenters. The van der Waals surface area contributed by atoms with E-state index >= 15 is 0 Å². The van der Waals surface area contributed by atoms with E-state index in [9.17, 15) is 10.1 Å². The lowest BCUT2D eigenvalue weighted by molar-refractivity contribution is -0.385. The average molecular weight is 351 g/mol. The van der Waals surface area contributed by atoms with Crippen LogP contribution in [-0.2, 0) is 6.54 Å². The Balaban J connectivity index is 2.27. The summed E-state index contributed by atoms with van der Waals surface area (Å²) in [5.74, 6) is 1.12. The molecule has 0 spiro atoms. The monoisotopic (exact) mass is 350 g/mol. The van der Waals surface area contributed by atoms with E-state index < -0.39 is 4.92 Å². The molecule has 0 amide bonds. The summed E-state index contributed by atoms with van der Waals surface area (Å²) in [5, 5.41) is 14.1. The zero-order valence-corrected chi connectivity index (χ0v) is 13.1. The van der Waals surface area contributed by atoms with E-state index in [2.05, 4.69) is 21.2 Å². The van der Waals surface area contributed by atoms with Crippen molar-refractivity contribution < 1.29 is 9.66 Å². The van der Waals surface area contributed by atoms with Crippen LogP contribution in [0.5, 0.6) is 11.5 Å². The van der Waals surface area contributed by atoms with Crippen LogP contribution in [0.2, 0.25) is 0 Å². The number of hydrogen-bond acceptors (Lipinski definition) is 4. The maximum Gasteiger partial charge on any atom is 0.274 e. The third kappa shape index (κ3) is 4.27. The van der Waals surface area contributed by atoms with Gasteiger partial charge in [-0.05, 0) is 18.7 Å². The molecule has 0 aromatic heterocycles. The van der Waals surface area contributed by atoms with Gasteiger partial charge in [0.15, 0.2) is 0 Å². The molecule has 110 valence electrons. The van der Waals surface area contributed by atoms with Gasteiger partial charge in [0.2, 0.25) is 0 Å². The van der Waals surface area contributed by atoms with Gasteiger partial charge in [-0.1, -0.05) is 41.1 Å². The van der Waals surface area contributed by atoms with Crippen LogP contribution in [0.3, 0.4) is 0 Å². The highest BCUT2D eigenvalue weighted by Gasteiger charge is 2.11. The largest absolute Gasteiger partial charge is 0.457 e. The number of ether oxygens (including phenoxy) is 1. The number of benzene rings is 2. The van der Waals surface area contributed by atoms with Crippen molar-refractivity contribution in [3.8, 4) is 11.5 Å². The Morgan fingerprint density at radius 3 is 2.76 bits per heavy atom. The zero-order chi connectivity index (χ0) is 15.2. The highest BCUT2D eigenvalue weighted by molar-refractivity contribution is 9.10. The number of rotatable bonds is 6. The summed E-state index contributed by atoms with van der Waals surface area (Å²) in [7, 11) is 0. The van der Waals surface area contributed by atoms with Crippen LogP contribution in [0.4, 0.5) is 5.69 Å². The standard InChI is InChI=1S/C15H15BrN2O3/c1-2-17-10-11-5-3-4-6-15(11)21-14-8-12(16)7-13(9-14)18(19)20/h3-9,17H,2,10H2,1H3. The Labute approximate surface area is 131 Å². The summed E-state index contributed by atoms with van der Waals surface area (Å²) < 4.78 is 6.41. The van der Waals surface area contributed by atoms with E-state index in [1.807, 2.05) is 31.2 Å². The molecule has 0 radical (unpaired) electrons. The van der Waals surface area contributed by atoms with Gasteiger partial charge in [0, 0.05) is 22.6 Å². The summed E-state index contributed by atoms with van der Waals surface area (Å²) in [5.41, 5.74) is 0.991. The molecule has 0 aliphatic rings. The molecule has 2 rings (SSSR count). The van der Waals surface area contributed by atoms with Crippen LogP contribution in [-0.4, -0.2) is 11.5 Å². The lowest BCUT2D eigenvalue weighted by Crippen LogP contribution is -2.12. The van der Waals surface area contributed by atoms with Crippen molar-refractivity contribution in [2.45, 2.75) is 13.5 Å². The van der Waals surface area contributed by atoms with E-state index in [0.29, 0.717) is 22.5 Å². The zero-order valence-electron chi connectivity index (χ0n) is 11.5. The number of nitrogens with zero attached hydrogens (tertiary/aromatic N) is 1. The molecule has 0 atom stereocenters. The van der Waals surface area contributed by atoms with Gasteiger partial charge in [-0.2, -0.15) is 0 Å². The molecule has 1 N–H and O–H groups in total. The minimum absolute atomic E-state index is 0.0106. The van der Waals surface area contributed by atoms with Gasteiger partial charge < -0.3 is 10.1 Å². The van der Waals surface area contributed by atoms with Crippen LogP contribution in [0.1, 0.15) is 12.5 Å². The maximum atomic E-state index is 10.9. The Morgan fingerprint density at radius 2 is 2.05 bits per heavy atom. The quantitative estimate of drug-likeness (QED) is 0.624. The molecular formula is C15H15BrN2O3. The molecule has 2 aromatic carbocycles. The van der Waals surface area contributed by atoms with Crippen LogP contribution < -0.4 is 10.1 Å². The van der Waals surface area contributed by atoms with Gasteiger partial charge in [-0.15, -0.1) is 0 Å². The first kappa shape index (κ1) is 15.5. The van der Waals surface area contributed by atoms with E-state index in [4.69, 9.17) is 4.74 Å². The Bertz CT molecular complexity index is 647. The summed E-state index contributed by atoms with van der Waals surface area (Å²) in [6.07, 6.45) is 0. The first-order valence-electron chi connectivity index (χ1n) is 6.51. The van der Waals surface area contributed by atoms with Gasteiger partial charge in [-0.3, -0.25) is 10.1 Å². The highest BCUT2D eigenvalue weighted by atomic mass is 79.9. The van der Waals surface area contributed by atoms with Crippen LogP contribution >= 0.6 is 15.9 Å². The average Bonchev–Trinajstić information content (AvgIpc) is 2.45. The lowest BCUT2D eigenvalue weighted by Gasteiger charge is -2.11. The summed E-state index contributed by atoms with van der Waals surface area (Å²) in [6.45, 7) is 3.57. The number of nitro groups is 1. The lowest BCUT2D eigenvalue weighted by atomic mass is 10.2. The molecule has 0 fully saturated rings. The highest BCUT2D eigenvalue weighted by Crippen LogP contribution is 2.31. The molecule has 0 heterocycles. The molecule has 0 saturated carbocycles. The van der Waals surface area contributed by atoms with Gasteiger partial charge >= 0.3 is 0 Å². The van der Waals surface area contributed by atoms with Crippen molar-refractivity contribution in [2.75, 3.05) is 6.54 Å². The number of non-ortho nitro benzene ring substituents is 1. The van der Waals surface area contributed by atoms with E-state index in [1.54, 1.807) is 6.07 Å². The summed E-state index contributed by atoms with van der Waals surface area (Å²) in [6, 6.07) is 12.2. The van der Waals surface area contributed by atoms with Gasteiger partial charge in [-0.25, -0.2) is 0 Å². The number of para-hydroxylation sites is 1. The number of nitrogens with one attached hydrogen (secondary N) is 1. The van der Waals surface area contributed by atoms with E-state index in [0.717, 1.165) is 12.1 Å². The van der Waals surface area contributed by atoms with Gasteiger partial charge in [0.1, 0.15) is 11.5 Å². The molecule has 0 bridgehead atoms. The minimum Gasteiger partial charge on any atom is -0.457 e. The van der Waals surface area contributed by atoms with Crippen molar-refractivity contribution in [2.24, 2.45) is 0 Å². The second kappa shape index (κ2) is 7.19. The Hall–Kier alpha value is -1.92. The summed E-state index contributed by atoms with van der Waals surface area (Å²) >= 11 is 3.26. The maximum absolute atomic E-state index is 10.9. The molecular weight excluding hydrogens is 336 g/mol. The first-order valence-corrected chi connectivity index (χ1v) is 7.31. The smallest absolute Gasteiger partial charge is 0.274 e. The third-order valence-corrected chi connectivity index (χ3v) is 3.29. The Kier molecular flexibility index (Phi) is 5.30. The van der Waals surface area contributed by atoms with Crippen molar-refractivity contribution in [1.82, 2.24) is 5.32 Å². The van der Waals surface area contributed by atoms with Crippen molar-refractivity contribution in [1.29, 1.82) is 0 Å². The molecule has 21 heavy (non-hydrogen) atoms. The van der Waals surface area contributed by atoms with Gasteiger partial charge in [0.05, 0.1) is 11.0 Å². The molecule has 0 aliphatic carbocycles. The molecule has 2 aromatic rings.